The molecule has 1 unspecified atom stereocenters. The van der Waals surface area contributed by atoms with E-state index in [1.165, 1.54) is 17.2 Å². The molecule has 9 heteroatoms. The van der Waals surface area contributed by atoms with Crippen molar-refractivity contribution >= 4 is 23.1 Å². The summed E-state index contributed by atoms with van der Waals surface area (Å²) in [6.07, 6.45) is 4.05. The van der Waals surface area contributed by atoms with Crippen LogP contribution < -0.4 is 0 Å². The van der Waals surface area contributed by atoms with Crippen molar-refractivity contribution in [1.29, 1.82) is 5.26 Å². The zero-order valence-electron chi connectivity index (χ0n) is 23.8. The molecular formula is C32H33N5O4. The molecular weight excluding hydrogens is 518 g/mol. The Morgan fingerprint density at radius 2 is 1.93 bits per heavy atom. The molecule has 0 amide bonds. The molecule has 41 heavy (non-hydrogen) atoms. The van der Waals surface area contributed by atoms with E-state index in [2.05, 4.69) is 17.0 Å². The third kappa shape index (κ3) is 5.98. The maximum Gasteiger partial charge on any atom is 0.420 e. The minimum Gasteiger partial charge on any atom is -0.465 e. The number of rotatable bonds is 6. The first-order chi connectivity index (χ1) is 19.7. The summed E-state index contributed by atoms with van der Waals surface area (Å²) in [4.78, 5) is 38.1. The number of aryl methyl sites for hydroxylation is 1. The number of carbonyl (C=O) groups excluding carboxylic acids is 2. The van der Waals surface area contributed by atoms with Gasteiger partial charge < -0.3 is 9.47 Å². The third-order valence-electron chi connectivity index (χ3n) is 7.17. The van der Waals surface area contributed by atoms with Gasteiger partial charge in [-0.3, -0.25) is 9.88 Å². The van der Waals surface area contributed by atoms with Gasteiger partial charge in [0.15, 0.2) is 0 Å². The average molecular weight is 552 g/mol. The van der Waals surface area contributed by atoms with Gasteiger partial charge in [-0.05, 0) is 81.5 Å². The van der Waals surface area contributed by atoms with Crippen LogP contribution in [-0.4, -0.2) is 44.2 Å². The molecule has 0 radical (unpaired) electrons. The van der Waals surface area contributed by atoms with E-state index in [9.17, 15) is 14.9 Å². The molecule has 0 aliphatic heterocycles. The van der Waals surface area contributed by atoms with Crippen LogP contribution in [-0.2, 0) is 29.0 Å². The SMILES string of the molecule is COC(=O)c1cc(C#N)ccc1CN(Cc1nc2ccccc2n1C(=O)OC(C)(C)C)C1CCCc2cccnc21. The number of carbonyl (C=O) groups is 2. The fraction of sp³-hybridized carbons (Fsp3) is 0.344. The number of benzene rings is 2. The Hall–Kier alpha value is -4.55. The third-order valence-corrected chi connectivity index (χ3v) is 7.17. The number of fused-ring (bicyclic) bond motifs is 2. The summed E-state index contributed by atoms with van der Waals surface area (Å²) in [7, 11) is 1.33. The molecule has 0 fully saturated rings. The number of nitriles is 1. The Morgan fingerprint density at radius 1 is 1.12 bits per heavy atom. The summed E-state index contributed by atoms with van der Waals surface area (Å²) in [6, 6.07) is 18.6. The highest BCUT2D eigenvalue weighted by Crippen LogP contribution is 2.35. The van der Waals surface area contributed by atoms with E-state index in [4.69, 9.17) is 19.4 Å². The second-order valence-corrected chi connectivity index (χ2v) is 11.2. The van der Waals surface area contributed by atoms with Gasteiger partial charge >= 0.3 is 12.1 Å². The Bertz CT molecular complexity index is 1650. The summed E-state index contributed by atoms with van der Waals surface area (Å²) in [5.41, 5.74) is 4.22. The van der Waals surface area contributed by atoms with Crippen LogP contribution in [0.25, 0.3) is 11.0 Å². The molecule has 0 saturated carbocycles. The first-order valence-corrected chi connectivity index (χ1v) is 13.7. The van der Waals surface area contributed by atoms with Crippen LogP contribution >= 0.6 is 0 Å². The quantitative estimate of drug-likeness (QED) is 0.270. The molecule has 2 heterocycles. The molecule has 0 saturated heterocycles. The van der Waals surface area contributed by atoms with E-state index in [0.29, 0.717) is 40.1 Å². The highest BCUT2D eigenvalue weighted by atomic mass is 16.6. The van der Waals surface area contributed by atoms with Crippen molar-refractivity contribution in [3.05, 3.63) is 94.6 Å². The predicted molar refractivity (Wildman–Crippen MR) is 153 cm³/mol. The molecule has 210 valence electrons. The summed E-state index contributed by atoms with van der Waals surface area (Å²) >= 11 is 0. The number of nitrogens with zero attached hydrogens (tertiary/aromatic N) is 5. The van der Waals surface area contributed by atoms with Crippen LogP contribution in [0.2, 0.25) is 0 Å². The second kappa shape index (κ2) is 11.5. The van der Waals surface area contributed by atoms with Crippen LogP contribution in [0.5, 0.6) is 0 Å². The zero-order chi connectivity index (χ0) is 29.1. The smallest absolute Gasteiger partial charge is 0.420 e. The number of pyridine rings is 1. The molecule has 9 nitrogen and oxygen atoms in total. The number of esters is 1. The standard InChI is InChI=1S/C32H33N5O4/c1-32(2,3)41-31(39)37-26-12-6-5-11-25(26)35-28(37)20-36(27-13-7-9-22-10-8-16-34-29(22)27)19-23-15-14-21(18-33)17-24(23)30(38)40-4/h5-6,8,10-12,14-17,27H,7,9,13,19-20H2,1-4H3. The minimum absolute atomic E-state index is 0.0898. The largest absolute Gasteiger partial charge is 0.465 e. The topological polar surface area (TPSA) is 110 Å². The fourth-order valence-corrected chi connectivity index (χ4v) is 5.39. The monoisotopic (exact) mass is 551 g/mol. The van der Waals surface area contributed by atoms with E-state index in [1.807, 2.05) is 51.1 Å². The van der Waals surface area contributed by atoms with Crippen LogP contribution in [0.1, 0.15) is 78.2 Å². The van der Waals surface area contributed by atoms with Crippen LogP contribution in [0.15, 0.2) is 60.8 Å². The van der Waals surface area contributed by atoms with Gasteiger partial charge in [0.1, 0.15) is 11.4 Å². The van der Waals surface area contributed by atoms with Crippen molar-refractivity contribution in [3.8, 4) is 6.07 Å². The maximum atomic E-state index is 13.5. The number of ether oxygens (including phenoxy) is 2. The number of hydrogen-bond donors (Lipinski definition) is 0. The van der Waals surface area contributed by atoms with Gasteiger partial charge in [-0.1, -0.05) is 24.3 Å². The van der Waals surface area contributed by atoms with Crippen LogP contribution in [0, 0.1) is 11.3 Å². The van der Waals surface area contributed by atoms with Gasteiger partial charge in [0.25, 0.3) is 0 Å². The summed E-state index contributed by atoms with van der Waals surface area (Å²) in [6.45, 7) is 6.13. The van der Waals surface area contributed by atoms with Gasteiger partial charge in [0.05, 0.1) is 53.6 Å². The molecule has 2 aromatic carbocycles. The second-order valence-electron chi connectivity index (χ2n) is 11.2. The fourth-order valence-electron chi connectivity index (χ4n) is 5.39. The molecule has 1 aliphatic rings. The molecule has 0 N–H and O–H groups in total. The minimum atomic E-state index is -0.691. The first-order valence-electron chi connectivity index (χ1n) is 13.7. The lowest BCUT2D eigenvalue weighted by atomic mass is 9.90. The van der Waals surface area contributed by atoms with Crippen molar-refractivity contribution in [2.24, 2.45) is 0 Å². The Morgan fingerprint density at radius 3 is 2.68 bits per heavy atom. The van der Waals surface area contributed by atoms with Gasteiger partial charge in [-0.25, -0.2) is 19.1 Å². The molecule has 5 rings (SSSR count). The number of methoxy groups -OCH3 is 1. The lowest BCUT2D eigenvalue weighted by Gasteiger charge is -2.35. The maximum absolute atomic E-state index is 13.5. The van der Waals surface area contributed by atoms with Crippen molar-refractivity contribution in [1.82, 2.24) is 19.4 Å². The zero-order valence-corrected chi connectivity index (χ0v) is 23.8. The average Bonchev–Trinajstić information content (AvgIpc) is 3.33. The summed E-state index contributed by atoms with van der Waals surface area (Å²) in [5.74, 6) is 0.0111. The number of aromatic nitrogens is 3. The van der Waals surface area contributed by atoms with Crippen LogP contribution in [0.3, 0.4) is 0 Å². The molecule has 0 bridgehead atoms. The first kappa shape index (κ1) is 28.0. The van der Waals surface area contributed by atoms with Gasteiger partial charge in [0, 0.05) is 12.7 Å². The van der Waals surface area contributed by atoms with Gasteiger partial charge in [0.2, 0.25) is 0 Å². The molecule has 2 aromatic heterocycles. The van der Waals surface area contributed by atoms with Crippen molar-refractivity contribution < 1.29 is 19.1 Å². The van der Waals surface area contributed by atoms with E-state index < -0.39 is 17.7 Å². The van der Waals surface area contributed by atoms with Crippen LogP contribution in [0.4, 0.5) is 4.79 Å². The van der Waals surface area contributed by atoms with E-state index in [1.54, 1.807) is 24.4 Å². The van der Waals surface area contributed by atoms with Crippen molar-refractivity contribution in [2.75, 3.05) is 7.11 Å². The summed E-state index contributed by atoms with van der Waals surface area (Å²) < 4.78 is 12.4. The summed E-state index contributed by atoms with van der Waals surface area (Å²) in [5, 5.41) is 9.45. The van der Waals surface area contributed by atoms with Gasteiger partial charge in [-0.15, -0.1) is 0 Å². The number of imidazole rings is 1. The lowest BCUT2D eigenvalue weighted by molar-refractivity contribution is 0.0529. The predicted octanol–water partition coefficient (Wildman–Crippen LogP) is 5.95. The molecule has 1 aliphatic carbocycles. The van der Waals surface area contributed by atoms with E-state index in [0.717, 1.165) is 25.0 Å². The Balaban J connectivity index is 1.62. The number of hydrogen-bond acceptors (Lipinski definition) is 8. The Labute approximate surface area is 239 Å². The van der Waals surface area contributed by atoms with Crippen molar-refractivity contribution in [2.45, 2.75) is 64.8 Å². The highest BCUT2D eigenvalue weighted by Gasteiger charge is 2.31. The van der Waals surface area contributed by atoms with Gasteiger partial charge in [-0.2, -0.15) is 5.26 Å². The number of para-hydroxylation sites is 2. The van der Waals surface area contributed by atoms with E-state index in [-0.39, 0.29) is 12.6 Å². The molecule has 1 atom stereocenters. The lowest BCUT2D eigenvalue weighted by Crippen LogP contribution is -2.34. The highest BCUT2D eigenvalue weighted by molar-refractivity contribution is 5.91. The van der Waals surface area contributed by atoms with E-state index >= 15 is 0 Å². The normalized spacial score (nSPS) is 14.9. The van der Waals surface area contributed by atoms with Crippen molar-refractivity contribution in [3.63, 3.8) is 0 Å². The Kier molecular flexibility index (Phi) is 7.86. The molecule has 4 aromatic rings. The molecule has 0 spiro atoms.